The van der Waals surface area contributed by atoms with Gasteiger partial charge in [0, 0.05) is 12.1 Å². The van der Waals surface area contributed by atoms with E-state index >= 15 is 0 Å². The molecular weight excluding hydrogens is 176 g/mol. The summed E-state index contributed by atoms with van der Waals surface area (Å²) in [6.45, 7) is 0. The number of benzene rings is 1. The van der Waals surface area contributed by atoms with Gasteiger partial charge in [0.25, 0.3) is 5.69 Å². The van der Waals surface area contributed by atoms with E-state index in [1.54, 1.807) is 22.8 Å². The Morgan fingerprint density at radius 3 is 2.36 bits per heavy atom. The molecule has 1 heterocycles. The predicted octanol–water partition coefficient (Wildman–Crippen LogP) is 1.25. The molecule has 0 bridgehead atoms. The number of phenolic OH excluding ortho intramolecular Hbond substituents is 1. The van der Waals surface area contributed by atoms with Crippen LogP contribution in [0.15, 0.2) is 48.8 Å². The molecule has 70 valence electrons. The minimum Gasteiger partial charge on any atom is -0.502 e. The SMILES string of the molecule is Nc1cccc(O)c1-[n+]1ccccc1. The number of aromatic nitrogens is 1. The van der Waals surface area contributed by atoms with Crippen molar-refractivity contribution in [2.45, 2.75) is 0 Å². The molecule has 1 aromatic heterocycles. The third kappa shape index (κ3) is 1.40. The Labute approximate surface area is 82.1 Å². The van der Waals surface area contributed by atoms with E-state index in [1.165, 1.54) is 0 Å². The Balaban J connectivity index is 2.63. The molecule has 0 saturated carbocycles. The van der Waals surface area contributed by atoms with Crippen LogP contribution in [0, 0.1) is 0 Å². The Kier molecular flexibility index (Phi) is 2.07. The first kappa shape index (κ1) is 8.56. The van der Waals surface area contributed by atoms with Gasteiger partial charge in [-0.05, 0) is 12.1 Å². The fourth-order valence-electron chi connectivity index (χ4n) is 1.38. The quantitative estimate of drug-likeness (QED) is 0.521. The van der Waals surface area contributed by atoms with Crippen LogP contribution >= 0.6 is 0 Å². The Morgan fingerprint density at radius 1 is 1.00 bits per heavy atom. The van der Waals surface area contributed by atoms with Gasteiger partial charge in [0.1, 0.15) is 5.69 Å². The van der Waals surface area contributed by atoms with Gasteiger partial charge in [-0.3, -0.25) is 0 Å². The van der Waals surface area contributed by atoms with Gasteiger partial charge in [-0.15, -0.1) is 0 Å². The molecule has 0 aliphatic carbocycles. The van der Waals surface area contributed by atoms with Crippen molar-refractivity contribution >= 4 is 5.69 Å². The number of nitrogens with zero attached hydrogens (tertiary/aromatic N) is 1. The van der Waals surface area contributed by atoms with E-state index < -0.39 is 0 Å². The fourth-order valence-corrected chi connectivity index (χ4v) is 1.38. The summed E-state index contributed by atoms with van der Waals surface area (Å²) in [6.07, 6.45) is 3.68. The molecule has 0 radical (unpaired) electrons. The maximum atomic E-state index is 9.64. The molecule has 0 amide bonds. The summed E-state index contributed by atoms with van der Waals surface area (Å²) in [6, 6.07) is 10.8. The molecule has 0 fully saturated rings. The molecule has 0 atom stereocenters. The van der Waals surface area contributed by atoms with Crippen molar-refractivity contribution in [3.05, 3.63) is 48.8 Å². The van der Waals surface area contributed by atoms with Crippen LogP contribution in [-0.4, -0.2) is 5.11 Å². The number of hydrogen-bond donors (Lipinski definition) is 2. The van der Waals surface area contributed by atoms with Crippen LogP contribution in [0.25, 0.3) is 5.69 Å². The maximum Gasteiger partial charge on any atom is 0.275 e. The molecule has 2 rings (SSSR count). The number of pyridine rings is 1. The van der Waals surface area contributed by atoms with Gasteiger partial charge in [-0.2, -0.15) is 4.57 Å². The highest BCUT2D eigenvalue weighted by atomic mass is 16.3. The van der Waals surface area contributed by atoms with Gasteiger partial charge < -0.3 is 10.8 Å². The molecule has 3 heteroatoms. The van der Waals surface area contributed by atoms with Crippen LogP contribution in [0.4, 0.5) is 5.69 Å². The second kappa shape index (κ2) is 3.38. The molecule has 2 aromatic rings. The lowest BCUT2D eigenvalue weighted by Crippen LogP contribution is -2.30. The van der Waals surface area contributed by atoms with Crippen molar-refractivity contribution in [2.75, 3.05) is 5.73 Å². The Hall–Kier alpha value is -2.03. The lowest BCUT2D eigenvalue weighted by molar-refractivity contribution is -0.595. The summed E-state index contributed by atoms with van der Waals surface area (Å²) < 4.78 is 1.78. The number of nitrogens with two attached hydrogens (primary N) is 1. The van der Waals surface area contributed by atoms with Crippen molar-refractivity contribution in [3.63, 3.8) is 0 Å². The minimum atomic E-state index is 0.182. The smallest absolute Gasteiger partial charge is 0.275 e. The molecule has 0 unspecified atom stereocenters. The van der Waals surface area contributed by atoms with E-state index in [0.717, 1.165) is 0 Å². The number of phenols is 1. The Bertz CT molecular complexity index is 420. The van der Waals surface area contributed by atoms with Crippen LogP contribution in [0.2, 0.25) is 0 Å². The normalized spacial score (nSPS) is 10.0. The predicted molar refractivity (Wildman–Crippen MR) is 54.1 cm³/mol. The number of aromatic hydroxyl groups is 1. The summed E-state index contributed by atoms with van der Waals surface area (Å²) >= 11 is 0. The highest BCUT2D eigenvalue weighted by molar-refractivity contribution is 5.59. The molecule has 1 aromatic carbocycles. The molecule has 0 aliphatic rings. The molecule has 0 aliphatic heterocycles. The van der Waals surface area contributed by atoms with Crippen molar-refractivity contribution in [1.82, 2.24) is 0 Å². The highest BCUT2D eigenvalue weighted by Gasteiger charge is 2.14. The number of anilines is 1. The lowest BCUT2D eigenvalue weighted by atomic mass is 10.2. The van der Waals surface area contributed by atoms with E-state index in [-0.39, 0.29) is 5.75 Å². The number of hydrogen-bond acceptors (Lipinski definition) is 2. The average molecular weight is 187 g/mol. The van der Waals surface area contributed by atoms with Gasteiger partial charge in [0.2, 0.25) is 0 Å². The monoisotopic (exact) mass is 187 g/mol. The van der Waals surface area contributed by atoms with Gasteiger partial charge in [-0.25, -0.2) is 0 Å². The van der Waals surface area contributed by atoms with E-state index in [0.29, 0.717) is 11.4 Å². The molecule has 3 N–H and O–H groups in total. The minimum absolute atomic E-state index is 0.182. The summed E-state index contributed by atoms with van der Waals surface area (Å²) in [5.41, 5.74) is 6.95. The second-order valence-corrected chi connectivity index (χ2v) is 3.00. The van der Waals surface area contributed by atoms with E-state index in [4.69, 9.17) is 5.73 Å². The standard InChI is InChI=1S/C11H10N2O/c12-9-5-4-6-10(14)11(9)13-7-2-1-3-8-13/h1-8H,12H2/p+1. The molecule has 0 spiro atoms. The summed E-state index contributed by atoms with van der Waals surface area (Å²) in [5, 5.41) is 9.64. The first-order valence-electron chi connectivity index (χ1n) is 4.33. The van der Waals surface area contributed by atoms with Gasteiger partial charge in [0.15, 0.2) is 18.1 Å². The molecule has 3 nitrogen and oxygen atoms in total. The van der Waals surface area contributed by atoms with Gasteiger partial charge in [0.05, 0.1) is 0 Å². The van der Waals surface area contributed by atoms with Crippen LogP contribution in [0.5, 0.6) is 5.75 Å². The molecule has 0 saturated heterocycles. The first-order chi connectivity index (χ1) is 6.79. The third-order valence-electron chi connectivity index (χ3n) is 2.02. The zero-order valence-corrected chi connectivity index (χ0v) is 7.59. The largest absolute Gasteiger partial charge is 0.502 e. The second-order valence-electron chi connectivity index (χ2n) is 3.00. The summed E-state index contributed by atoms with van der Waals surface area (Å²) in [5.74, 6) is 0.182. The van der Waals surface area contributed by atoms with E-state index in [1.807, 2.05) is 30.6 Å². The van der Waals surface area contributed by atoms with Crippen molar-refractivity contribution in [3.8, 4) is 11.4 Å². The van der Waals surface area contributed by atoms with E-state index in [2.05, 4.69) is 0 Å². The van der Waals surface area contributed by atoms with Crippen molar-refractivity contribution in [2.24, 2.45) is 0 Å². The van der Waals surface area contributed by atoms with Crippen LogP contribution in [-0.2, 0) is 0 Å². The van der Waals surface area contributed by atoms with Gasteiger partial charge >= 0.3 is 0 Å². The van der Waals surface area contributed by atoms with Crippen molar-refractivity contribution < 1.29 is 9.67 Å². The topological polar surface area (TPSA) is 50.1 Å². The third-order valence-corrected chi connectivity index (χ3v) is 2.02. The Morgan fingerprint density at radius 2 is 1.71 bits per heavy atom. The number of rotatable bonds is 1. The summed E-state index contributed by atoms with van der Waals surface area (Å²) in [4.78, 5) is 0. The van der Waals surface area contributed by atoms with Crippen LogP contribution in [0.1, 0.15) is 0 Å². The molecular formula is C11H11N2O+. The van der Waals surface area contributed by atoms with Crippen LogP contribution in [0.3, 0.4) is 0 Å². The zero-order valence-electron chi connectivity index (χ0n) is 7.59. The number of para-hydroxylation sites is 1. The summed E-state index contributed by atoms with van der Waals surface area (Å²) in [7, 11) is 0. The fraction of sp³-hybridized carbons (Fsp3) is 0. The molecule has 14 heavy (non-hydrogen) atoms. The van der Waals surface area contributed by atoms with Gasteiger partial charge in [-0.1, -0.05) is 12.1 Å². The van der Waals surface area contributed by atoms with E-state index in [9.17, 15) is 5.11 Å². The maximum absolute atomic E-state index is 9.64. The lowest BCUT2D eigenvalue weighted by Gasteiger charge is -2.01. The van der Waals surface area contributed by atoms with Crippen molar-refractivity contribution in [1.29, 1.82) is 0 Å². The first-order valence-corrected chi connectivity index (χ1v) is 4.33. The average Bonchev–Trinajstić information content (AvgIpc) is 2.19. The van der Waals surface area contributed by atoms with Crippen LogP contribution < -0.4 is 10.3 Å². The zero-order chi connectivity index (χ0) is 9.97. The highest BCUT2D eigenvalue weighted by Crippen LogP contribution is 2.22. The number of nitrogen functional groups attached to an aromatic ring is 1.